The number of hydrogen-bond donors (Lipinski definition) is 4. The zero-order chi connectivity index (χ0) is 21.8. The van der Waals surface area contributed by atoms with Gasteiger partial charge in [0.15, 0.2) is 6.29 Å². The summed E-state index contributed by atoms with van der Waals surface area (Å²) in [6.45, 7) is 4.14. The maximum Gasteiger partial charge on any atom is 0.153 e. The second-order valence-electron chi connectivity index (χ2n) is 7.78. The van der Waals surface area contributed by atoms with Gasteiger partial charge in [-0.3, -0.25) is 0 Å². The lowest BCUT2D eigenvalue weighted by molar-refractivity contribution is -0.0739. The minimum absolute atomic E-state index is 0.0120. The van der Waals surface area contributed by atoms with Gasteiger partial charge in [0.2, 0.25) is 0 Å². The molecule has 4 N–H and O–H groups in total. The van der Waals surface area contributed by atoms with Crippen LogP contribution >= 0.6 is 0 Å². The highest BCUT2D eigenvalue weighted by Gasteiger charge is 2.19. The van der Waals surface area contributed by atoms with Gasteiger partial charge in [0.1, 0.15) is 5.82 Å². The first-order chi connectivity index (χ1) is 14.3. The van der Waals surface area contributed by atoms with E-state index in [0.29, 0.717) is 0 Å². The van der Waals surface area contributed by atoms with Crippen molar-refractivity contribution in [1.82, 2.24) is 4.57 Å². The summed E-state index contributed by atoms with van der Waals surface area (Å²) in [4.78, 5) is 0. The lowest BCUT2D eigenvalue weighted by Crippen LogP contribution is -2.21. The SMILES string of the molecule is CC(C)n1c(/C=C/C(O)CC(O)CC(O)O)c(-c2ccc(F)cc2)c2ccccc21. The van der Waals surface area contributed by atoms with E-state index in [2.05, 4.69) is 18.4 Å². The van der Waals surface area contributed by atoms with Crippen molar-refractivity contribution in [2.24, 2.45) is 0 Å². The summed E-state index contributed by atoms with van der Waals surface area (Å²) < 4.78 is 15.7. The molecular weight excluding hydrogens is 385 g/mol. The molecule has 2 unspecified atom stereocenters. The highest BCUT2D eigenvalue weighted by Crippen LogP contribution is 2.38. The number of para-hydroxylation sites is 1. The van der Waals surface area contributed by atoms with Crippen molar-refractivity contribution in [2.45, 2.75) is 51.2 Å². The number of hydrogen-bond acceptors (Lipinski definition) is 4. The number of rotatable bonds is 8. The standard InChI is InChI=1S/C24H28FNO4/c1-15(2)26-21-6-4-3-5-20(21)24(16-7-9-17(25)10-8-16)22(26)12-11-18(27)13-19(28)14-23(29)30/h3-12,15,18-19,23,27-30H,13-14H2,1-2H3/b12-11+. The largest absolute Gasteiger partial charge is 0.393 e. The maximum atomic E-state index is 13.5. The van der Waals surface area contributed by atoms with Gasteiger partial charge in [0.05, 0.1) is 12.2 Å². The Hall–Kier alpha value is -2.51. The van der Waals surface area contributed by atoms with Gasteiger partial charge >= 0.3 is 0 Å². The van der Waals surface area contributed by atoms with Gasteiger partial charge in [-0.05, 0) is 43.7 Å². The Balaban J connectivity index is 2.07. The average molecular weight is 413 g/mol. The molecule has 0 aliphatic heterocycles. The van der Waals surface area contributed by atoms with Gasteiger partial charge in [-0.2, -0.15) is 0 Å². The number of benzene rings is 2. The zero-order valence-corrected chi connectivity index (χ0v) is 17.1. The van der Waals surface area contributed by atoms with Crippen LogP contribution in [0.25, 0.3) is 28.1 Å². The van der Waals surface area contributed by atoms with E-state index in [1.54, 1.807) is 18.2 Å². The molecule has 0 amide bonds. The maximum absolute atomic E-state index is 13.5. The Morgan fingerprint density at radius 3 is 2.23 bits per heavy atom. The predicted molar refractivity (Wildman–Crippen MR) is 116 cm³/mol. The van der Waals surface area contributed by atoms with Crippen LogP contribution in [-0.2, 0) is 0 Å². The van der Waals surface area contributed by atoms with Crippen molar-refractivity contribution in [1.29, 1.82) is 0 Å². The first-order valence-corrected chi connectivity index (χ1v) is 10.1. The zero-order valence-electron chi connectivity index (χ0n) is 17.1. The van der Waals surface area contributed by atoms with Crippen LogP contribution in [0, 0.1) is 5.82 Å². The van der Waals surface area contributed by atoms with Crippen LogP contribution < -0.4 is 0 Å². The summed E-state index contributed by atoms with van der Waals surface area (Å²) in [5.74, 6) is -0.307. The van der Waals surface area contributed by atoms with E-state index in [-0.39, 0.29) is 24.7 Å². The predicted octanol–water partition coefficient (Wildman–Crippen LogP) is 3.85. The number of halogens is 1. The molecule has 160 valence electrons. The van der Waals surface area contributed by atoms with Crippen molar-refractivity contribution in [2.75, 3.05) is 0 Å². The first kappa shape index (κ1) is 22.2. The number of aliphatic hydroxyl groups excluding tert-OH is 3. The van der Waals surface area contributed by atoms with Crippen LogP contribution in [-0.4, -0.2) is 43.5 Å². The molecule has 0 radical (unpaired) electrons. The van der Waals surface area contributed by atoms with Crippen LogP contribution in [0.4, 0.5) is 4.39 Å². The van der Waals surface area contributed by atoms with Crippen molar-refractivity contribution < 1.29 is 24.8 Å². The van der Waals surface area contributed by atoms with Crippen molar-refractivity contribution in [3.63, 3.8) is 0 Å². The van der Waals surface area contributed by atoms with Gasteiger partial charge in [-0.15, -0.1) is 0 Å². The van der Waals surface area contributed by atoms with Crippen LogP contribution in [0.15, 0.2) is 54.6 Å². The third-order valence-electron chi connectivity index (χ3n) is 5.07. The summed E-state index contributed by atoms with van der Waals surface area (Å²) in [6, 6.07) is 14.4. The Morgan fingerprint density at radius 2 is 1.60 bits per heavy atom. The van der Waals surface area contributed by atoms with E-state index in [4.69, 9.17) is 10.2 Å². The lowest BCUT2D eigenvalue weighted by atomic mass is 10.0. The molecule has 0 bridgehead atoms. The smallest absolute Gasteiger partial charge is 0.153 e. The summed E-state index contributed by atoms with van der Waals surface area (Å²) in [6.07, 6.45) is -0.446. The molecule has 0 aliphatic rings. The molecule has 0 fully saturated rings. The van der Waals surface area contributed by atoms with Crippen LogP contribution in [0.5, 0.6) is 0 Å². The minimum Gasteiger partial charge on any atom is -0.393 e. The molecular formula is C24H28FNO4. The third-order valence-corrected chi connectivity index (χ3v) is 5.07. The quantitative estimate of drug-likeness (QED) is 0.423. The van der Waals surface area contributed by atoms with Crippen LogP contribution in [0.1, 0.15) is 38.4 Å². The lowest BCUT2D eigenvalue weighted by Gasteiger charge is -2.16. The Kier molecular flexibility index (Phi) is 7.05. The monoisotopic (exact) mass is 413 g/mol. The molecule has 1 aromatic heterocycles. The number of nitrogens with zero attached hydrogens (tertiary/aromatic N) is 1. The van der Waals surface area contributed by atoms with E-state index in [1.165, 1.54) is 12.1 Å². The molecule has 6 heteroatoms. The normalized spacial score (nSPS) is 14.3. The molecule has 0 saturated heterocycles. The highest BCUT2D eigenvalue weighted by molar-refractivity contribution is 6.01. The number of fused-ring (bicyclic) bond motifs is 1. The van der Waals surface area contributed by atoms with Crippen molar-refractivity contribution in [3.05, 3.63) is 66.1 Å². The topological polar surface area (TPSA) is 85.9 Å². The molecule has 30 heavy (non-hydrogen) atoms. The number of aliphatic hydroxyl groups is 4. The van der Waals surface area contributed by atoms with E-state index < -0.39 is 18.5 Å². The van der Waals surface area contributed by atoms with Gasteiger partial charge in [0.25, 0.3) is 0 Å². The molecule has 0 spiro atoms. The van der Waals surface area contributed by atoms with Crippen molar-refractivity contribution in [3.8, 4) is 11.1 Å². The van der Waals surface area contributed by atoms with E-state index >= 15 is 0 Å². The van der Waals surface area contributed by atoms with Gasteiger partial charge in [-0.25, -0.2) is 4.39 Å². The van der Waals surface area contributed by atoms with E-state index in [1.807, 2.05) is 30.3 Å². The van der Waals surface area contributed by atoms with Gasteiger partial charge < -0.3 is 25.0 Å². The second kappa shape index (κ2) is 9.53. The van der Waals surface area contributed by atoms with Gasteiger partial charge in [-0.1, -0.05) is 36.4 Å². The summed E-state index contributed by atoms with van der Waals surface area (Å²) in [5.41, 5.74) is 3.71. The fraction of sp³-hybridized carbons (Fsp3) is 0.333. The summed E-state index contributed by atoms with van der Waals surface area (Å²) in [5, 5.41) is 39.1. The van der Waals surface area contributed by atoms with E-state index in [0.717, 1.165) is 27.7 Å². The molecule has 0 saturated carbocycles. The minimum atomic E-state index is -1.62. The fourth-order valence-electron chi connectivity index (χ4n) is 3.82. The second-order valence-corrected chi connectivity index (χ2v) is 7.78. The van der Waals surface area contributed by atoms with Gasteiger partial charge in [0, 0.05) is 41.0 Å². The Bertz CT molecular complexity index is 1010. The van der Waals surface area contributed by atoms with E-state index in [9.17, 15) is 14.6 Å². The average Bonchev–Trinajstić information content (AvgIpc) is 3.00. The summed E-state index contributed by atoms with van der Waals surface area (Å²) >= 11 is 0. The molecule has 0 aliphatic carbocycles. The fourth-order valence-corrected chi connectivity index (χ4v) is 3.82. The molecule has 5 nitrogen and oxygen atoms in total. The third kappa shape index (κ3) is 4.96. The molecule has 3 rings (SSSR count). The van der Waals surface area contributed by atoms with Crippen molar-refractivity contribution >= 4 is 17.0 Å². The highest BCUT2D eigenvalue weighted by atomic mass is 19.1. The van der Waals surface area contributed by atoms with Crippen LogP contribution in [0.2, 0.25) is 0 Å². The first-order valence-electron chi connectivity index (χ1n) is 10.1. The molecule has 2 atom stereocenters. The Labute approximate surface area is 175 Å². The molecule has 3 aromatic rings. The van der Waals surface area contributed by atoms with Crippen LogP contribution in [0.3, 0.4) is 0 Å². The molecule has 1 heterocycles. The Morgan fingerprint density at radius 1 is 0.933 bits per heavy atom. The molecule has 2 aromatic carbocycles. The summed E-state index contributed by atoms with van der Waals surface area (Å²) in [7, 11) is 0. The number of aromatic nitrogens is 1.